The van der Waals surface area contributed by atoms with E-state index in [1.54, 1.807) is 13.4 Å². The molecule has 3 rings (SSSR count). The Balaban J connectivity index is 1.81. The van der Waals surface area contributed by atoms with Gasteiger partial charge in [-0.05, 0) is 29.8 Å². The van der Waals surface area contributed by atoms with Gasteiger partial charge < -0.3 is 14.8 Å². The van der Waals surface area contributed by atoms with E-state index in [0.29, 0.717) is 19.0 Å². The average Bonchev–Trinajstić information content (AvgIpc) is 2.69. The van der Waals surface area contributed by atoms with Gasteiger partial charge in [-0.15, -0.1) is 0 Å². The van der Waals surface area contributed by atoms with E-state index in [9.17, 15) is 0 Å². The summed E-state index contributed by atoms with van der Waals surface area (Å²) in [6, 6.07) is 17.8. The van der Waals surface area contributed by atoms with E-state index in [1.165, 1.54) is 11.9 Å². The fourth-order valence-electron chi connectivity index (χ4n) is 2.60. The molecule has 0 spiro atoms. The van der Waals surface area contributed by atoms with Gasteiger partial charge in [-0.3, -0.25) is 5.14 Å². The maximum absolute atomic E-state index is 5.81. The van der Waals surface area contributed by atoms with Gasteiger partial charge >= 0.3 is 0 Å². The number of nitrogens with one attached hydrogen (secondary N) is 1. The highest BCUT2D eigenvalue weighted by atomic mass is 32.2. The van der Waals surface area contributed by atoms with Gasteiger partial charge in [0.25, 0.3) is 0 Å². The lowest BCUT2D eigenvalue weighted by Crippen LogP contribution is -2.05. The minimum absolute atomic E-state index is 0.482. The van der Waals surface area contributed by atoms with Crippen LogP contribution < -0.4 is 15.2 Å². The second-order valence-corrected chi connectivity index (χ2v) is 6.38. The largest absolute Gasteiger partial charge is 0.490 e. The van der Waals surface area contributed by atoms with Crippen LogP contribution in [0.5, 0.6) is 5.75 Å². The third-order valence-electron chi connectivity index (χ3n) is 3.82. The second-order valence-electron chi connectivity index (χ2n) is 5.76. The van der Waals surface area contributed by atoms with E-state index in [4.69, 9.17) is 14.6 Å². The Morgan fingerprint density at radius 1 is 1.04 bits per heavy atom. The zero-order valence-corrected chi connectivity index (χ0v) is 15.9. The van der Waals surface area contributed by atoms with Crippen LogP contribution in [-0.2, 0) is 10.5 Å². The van der Waals surface area contributed by atoms with E-state index in [2.05, 4.69) is 21.4 Å². The molecule has 0 aliphatic rings. The van der Waals surface area contributed by atoms with Gasteiger partial charge in [-0.1, -0.05) is 36.2 Å². The van der Waals surface area contributed by atoms with Gasteiger partial charge in [-0.25, -0.2) is 9.97 Å². The molecule has 0 unspecified atom stereocenters. The predicted octanol–water partition coefficient (Wildman–Crippen LogP) is 4.02. The molecule has 27 heavy (non-hydrogen) atoms. The van der Waals surface area contributed by atoms with Crippen molar-refractivity contribution in [3.05, 3.63) is 66.5 Å². The molecule has 0 fully saturated rings. The summed E-state index contributed by atoms with van der Waals surface area (Å²) in [7, 11) is 1.65. The van der Waals surface area contributed by atoms with Crippen LogP contribution in [0.15, 0.2) is 60.9 Å². The molecule has 0 aliphatic carbocycles. The van der Waals surface area contributed by atoms with Crippen LogP contribution in [0.25, 0.3) is 11.3 Å². The molecular formula is C20H22N4O2S. The molecule has 2 aromatic carbocycles. The Kier molecular flexibility index (Phi) is 7.04. The molecule has 0 amide bonds. The Hall–Kier alpha value is -2.61. The van der Waals surface area contributed by atoms with Crippen molar-refractivity contribution < 1.29 is 9.47 Å². The number of nitrogens with two attached hydrogens (primary N) is 1. The van der Waals surface area contributed by atoms with Crippen molar-refractivity contribution in [1.82, 2.24) is 9.97 Å². The van der Waals surface area contributed by atoms with Gasteiger partial charge in [0.2, 0.25) is 0 Å². The normalized spacial score (nSPS) is 10.6. The smallest absolute Gasteiger partial charge is 0.134 e. The molecule has 0 atom stereocenters. The van der Waals surface area contributed by atoms with Crippen molar-refractivity contribution in [2.75, 3.05) is 25.6 Å². The molecule has 0 radical (unpaired) electrons. The van der Waals surface area contributed by atoms with Crippen molar-refractivity contribution in [1.29, 1.82) is 0 Å². The van der Waals surface area contributed by atoms with Crippen molar-refractivity contribution in [3.8, 4) is 17.0 Å². The molecule has 140 valence electrons. The number of hydrogen-bond donors (Lipinski definition) is 2. The molecule has 0 bridgehead atoms. The third-order valence-corrected chi connectivity index (χ3v) is 4.32. The molecule has 0 saturated heterocycles. The highest BCUT2D eigenvalue weighted by molar-refractivity contribution is 7.96. The fraction of sp³-hybridized carbons (Fsp3) is 0.200. The number of anilines is 2. The maximum atomic E-state index is 5.81. The molecule has 3 N–H and O–H groups in total. The summed E-state index contributed by atoms with van der Waals surface area (Å²) in [4.78, 5) is 8.73. The Labute approximate surface area is 163 Å². The van der Waals surface area contributed by atoms with E-state index in [1.807, 2.05) is 48.5 Å². The number of ether oxygens (including phenoxy) is 2. The van der Waals surface area contributed by atoms with Crippen molar-refractivity contribution in [2.45, 2.75) is 5.75 Å². The summed E-state index contributed by atoms with van der Waals surface area (Å²) in [6.07, 6.45) is 1.54. The van der Waals surface area contributed by atoms with E-state index >= 15 is 0 Å². The quantitative estimate of drug-likeness (QED) is 0.427. The maximum Gasteiger partial charge on any atom is 0.134 e. The molecule has 7 heteroatoms. The average molecular weight is 382 g/mol. The van der Waals surface area contributed by atoms with Crippen LogP contribution in [0, 0.1) is 0 Å². The molecule has 1 aromatic heterocycles. The summed E-state index contributed by atoms with van der Waals surface area (Å²) in [6.45, 7) is 1.01. The van der Waals surface area contributed by atoms with E-state index in [0.717, 1.165) is 34.0 Å². The van der Waals surface area contributed by atoms with Crippen LogP contribution >= 0.6 is 11.9 Å². The number of hydrogen-bond acceptors (Lipinski definition) is 7. The third kappa shape index (κ3) is 5.43. The first-order valence-electron chi connectivity index (χ1n) is 8.51. The standard InChI is InChI=1S/C20H22N4O2S/c1-25-9-10-26-19-8-3-2-7-17(19)18-12-20(23-14-22-18)24-16-6-4-5-15(11-16)13-27-21/h2-8,11-12,14H,9-10,13,21H2,1H3,(H,22,23,24). The van der Waals surface area contributed by atoms with Crippen molar-refractivity contribution in [2.24, 2.45) is 5.14 Å². The molecule has 3 aromatic rings. The van der Waals surface area contributed by atoms with Gasteiger partial charge in [-0.2, -0.15) is 0 Å². The van der Waals surface area contributed by atoms with Crippen molar-refractivity contribution in [3.63, 3.8) is 0 Å². The predicted molar refractivity (Wildman–Crippen MR) is 110 cm³/mol. The van der Waals surface area contributed by atoms with Gasteiger partial charge in [0, 0.05) is 30.2 Å². The number of rotatable bonds is 9. The lowest BCUT2D eigenvalue weighted by molar-refractivity contribution is 0.146. The molecule has 1 heterocycles. The fourth-order valence-corrected chi connectivity index (χ4v) is 2.97. The van der Waals surface area contributed by atoms with E-state index in [-0.39, 0.29) is 0 Å². The first-order valence-corrected chi connectivity index (χ1v) is 9.56. The van der Waals surface area contributed by atoms with Crippen LogP contribution in [0.1, 0.15) is 5.56 Å². The van der Waals surface area contributed by atoms with E-state index < -0.39 is 0 Å². The summed E-state index contributed by atoms with van der Waals surface area (Å²) >= 11 is 1.30. The summed E-state index contributed by atoms with van der Waals surface area (Å²) in [5.74, 6) is 2.24. The minimum atomic E-state index is 0.482. The minimum Gasteiger partial charge on any atom is -0.490 e. The summed E-state index contributed by atoms with van der Waals surface area (Å²) < 4.78 is 10.9. The highest BCUT2D eigenvalue weighted by Crippen LogP contribution is 2.29. The Morgan fingerprint density at radius 2 is 1.93 bits per heavy atom. The monoisotopic (exact) mass is 382 g/mol. The number of methoxy groups -OCH3 is 1. The first-order chi connectivity index (χ1) is 13.3. The summed E-state index contributed by atoms with van der Waals surface area (Å²) in [5.41, 5.74) is 3.80. The number of aromatic nitrogens is 2. The first kappa shape index (κ1) is 19.2. The topological polar surface area (TPSA) is 82.3 Å². The number of benzene rings is 2. The van der Waals surface area contributed by atoms with Gasteiger partial charge in [0.05, 0.1) is 12.3 Å². The molecular weight excluding hydrogens is 360 g/mol. The van der Waals surface area contributed by atoms with Crippen LogP contribution in [0.4, 0.5) is 11.5 Å². The zero-order chi connectivity index (χ0) is 18.9. The zero-order valence-electron chi connectivity index (χ0n) is 15.1. The molecule has 0 saturated carbocycles. The number of nitrogens with zero attached hydrogens (tertiary/aromatic N) is 2. The molecule has 0 aliphatic heterocycles. The highest BCUT2D eigenvalue weighted by Gasteiger charge is 2.09. The van der Waals surface area contributed by atoms with Crippen LogP contribution in [-0.4, -0.2) is 30.3 Å². The lowest BCUT2D eigenvalue weighted by Gasteiger charge is -2.12. The SMILES string of the molecule is COCCOc1ccccc1-c1cc(Nc2cccc(CSN)c2)ncn1. The van der Waals surface area contributed by atoms with Crippen LogP contribution in [0.2, 0.25) is 0 Å². The van der Waals surface area contributed by atoms with Crippen LogP contribution in [0.3, 0.4) is 0 Å². The summed E-state index contributed by atoms with van der Waals surface area (Å²) in [5, 5.41) is 8.88. The van der Waals surface area contributed by atoms with Gasteiger partial charge in [0.15, 0.2) is 0 Å². The van der Waals surface area contributed by atoms with Crippen molar-refractivity contribution >= 4 is 23.5 Å². The second kappa shape index (κ2) is 9.91. The lowest BCUT2D eigenvalue weighted by atomic mass is 10.1. The Bertz CT molecular complexity index is 876. The Morgan fingerprint density at radius 3 is 2.78 bits per heavy atom. The molecule has 6 nitrogen and oxygen atoms in total. The van der Waals surface area contributed by atoms with Gasteiger partial charge in [0.1, 0.15) is 24.5 Å². The number of para-hydroxylation sites is 1.